The summed E-state index contributed by atoms with van der Waals surface area (Å²) in [5.41, 5.74) is 6.26. The Morgan fingerprint density at radius 3 is 2.50 bits per heavy atom. The van der Waals surface area contributed by atoms with Gasteiger partial charge in [0.15, 0.2) is 0 Å². The van der Waals surface area contributed by atoms with Gasteiger partial charge in [-0.15, -0.1) is 0 Å². The summed E-state index contributed by atoms with van der Waals surface area (Å²) in [6.07, 6.45) is 6.02. The van der Waals surface area contributed by atoms with Crippen molar-refractivity contribution in [2.45, 2.75) is 26.8 Å². The number of hydrogen-bond acceptors (Lipinski definition) is 3. The normalized spacial score (nSPS) is 10.7. The van der Waals surface area contributed by atoms with E-state index in [1.807, 2.05) is 38.1 Å². The second kappa shape index (κ2) is 11.1. The lowest BCUT2D eigenvalue weighted by Crippen LogP contribution is -2.16. The number of hydroxylamine groups is 1. The summed E-state index contributed by atoms with van der Waals surface area (Å²) in [6, 6.07) is 16.7. The van der Waals surface area contributed by atoms with Gasteiger partial charge in [0.1, 0.15) is 0 Å². The number of carbonyl (C=O) groups is 1. The van der Waals surface area contributed by atoms with Crippen LogP contribution < -0.4 is 10.8 Å². The van der Waals surface area contributed by atoms with E-state index in [1.54, 1.807) is 11.6 Å². The molecule has 0 fully saturated rings. The second-order valence-electron chi connectivity index (χ2n) is 6.30. The Hall–Kier alpha value is -2.89. The first-order valence-electron chi connectivity index (χ1n) is 9.61. The van der Waals surface area contributed by atoms with Crippen molar-refractivity contribution in [1.29, 1.82) is 0 Å². The van der Waals surface area contributed by atoms with Crippen molar-refractivity contribution in [3.8, 4) is 0 Å². The van der Waals surface area contributed by atoms with E-state index in [4.69, 9.17) is 5.21 Å². The van der Waals surface area contributed by atoms with Gasteiger partial charge in [-0.25, -0.2) is 5.48 Å². The lowest BCUT2D eigenvalue weighted by molar-refractivity contribution is -0.124. The number of nitrogens with zero attached hydrogens (tertiary/aromatic N) is 1. The summed E-state index contributed by atoms with van der Waals surface area (Å²) in [7, 11) is 2.06. The molecular formula is C23H29N3O2. The molecule has 0 radical (unpaired) electrons. The third kappa shape index (κ3) is 6.08. The van der Waals surface area contributed by atoms with Gasteiger partial charge >= 0.3 is 0 Å². The van der Waals surface area contributed by atoms with E-state index in [0.717, 1.165) is 25.1 Å². The largest absolute Gasteiger partial charge is 0.351 e. The van der Waals surface area contributed by atoms with Gasteiger partial charge in [0.2, 0.25) is 0 Å². The molecule has 2 aromatic carbocycles. The van der Waals surface area contributed by atoms with Gasteiger partial charge in [0.25, 0.3) is 5.91 Å². The molecule has 3 rings (SSSR count). The minimum atomic E-state index is -0.538. The molecule has 0 atom stereocenters. The maximum Gasteiger partial charge on any atom is 0.267 e. The molecule has 3 N–H and O–H groups in total. The molecule has 28 heavy (non-hydrogen) atoms. The molecule has 0 aliphatic carbocycles. The minimum absolute atomic E-state index is 0.538. The van der Waals surface area contributed by atoms with Crippen molar-refractivity contribution >= 4 is 22.9 Å². The number of benzene rings is 2. The van der Waals surface area contributed by atoms with Crippen LogP contribution in [0.4, 0.5) is 0 Å². The van der Waals surface area contributed by atoms with E-state index in [2.05, 4.69) is 47.4 Å². The SMILES string of the molecule is CC.Cn1ccc2cc(CCNCc3ccc(/C=C/C(=O)NO)cc3)ccc21. The molecule has 148 valence electrons. The van der Waals surface area contributed by atoms with Crippen molar-refractivity contribution in [2.24, 2.45) is 7.05 Å². The van der Waals surface area contributed by atoms with Gasteiger partial charge < -0.3 is 9.88 Å². The predicted molar refractivity (Wildman–Crippen MR) is 115 cm³/mol. The van der Waals surface area contributed by atoms with Crippen LogP contribution in [-0.4, -0.2) is 22.2 Å². The standard InChI is InChI=1S/C21H23N3O2.C2H6/c1-24-13-11-19-14-17(6-8-20(19)24)10-12-22-15-18-4-2-16(3-5-18)7-9-21(25)23-26;1-2/h2-9,11,13-14,22,26H,10,12,15H2,1H3,(H,23,25);1-2H3/b9-7+;. The minimum Gasteiger partial charge on any atom is -0.351 e. The Labute approximate surface area is 166 Å². The molecule has 1 aromatic heterocycles. The lowest BCUT2D eigenvalue weighted by Gasteiger charge is -2.06. The maximum absolute atomic E-state index is 11.0. The van der Waals surface area contributed by atoms with Gasteiger partial charge in [-0.1, -0.05) is 44.2 Å². The van der Waals surface area contributed by atoms with Crippen molar-refractivity contribution in [1.82, 2.24) is 15.4 Å². The Morgan fingerprint density at radius 2 is 1.79 bits per heavy atom. The first-order valence-corrected chi connectivity index (χ1v) is 9.61. The van der Waals surface area contributed by atoms with Crippen LogP contribution in [0.3, 0.4) is 0 Å². The van der Waals surface area contributed by atoms with E-state index in [1.165, 1.54) is 28.1 Å². The molecule has 3 aromatic rings. The van der Waals surface area contributed by atoms with Crippen LogP contribution in [0.25, 0.3) is 17.0 Å². The van der Waals surface area contributed by atoms with Crippen LogP contribution in [-0.2, 0) is 24.8 Å². The van der Waals surface area contributed by atoms with Gasteiger partial charge in [-0.2, -0.15) is 0 Å². The molecule has 1 heterocycles. The van der Waals surface area contributed by atoms with Crippen LogP contribution in [0.15, 0.2) is 60.8 Å². The highest BCUT2D eigenvalue weighted by atomic mass is 16.5. The first kappa shape index (κ1) is 21.4. The molecule has 0 bridgehead atoms. The Kier molecular flexibility index (Phi) is 8.46. The molecule has 0 unspecified atom stereocenters. The van der Waals surface area contributed by atoms with Gasteiger partial charge in [-0.05, 0) is 59.3 Å². The smallest absolute Gasteiger partial charge is 0.267 e. The Morgan fingerprint density at radius 1 is 1.07 bits per heavy atom. The van der Waals surface area contributed by atoms with Crippen molar-refractivity contribution < 1.29 is 10.0 Å². The van der Waals surface area contributed by atoms with Crippen molar-refractivity contribution in [2.75, 3.05) is 6.54 Å². The summed E-state index contributed by atoms with van der Waals surface area (Å²) in [4.78, 5) is 11.0. The van der Waals surface area contributed by atoms with Crippen molar-refractivity contribution in [3.63, 3.8) is 0 Å². The van der Waals surface area contributed by atoms with Crippen LogP contribution in [0.1, 0.15) is 30.5 Å². The van der Waals surface area contributed by atoms with Crippen LogP contribution in [0, 0.1) is 0 Å². The topological polar surface area (TPSA) is 66.3 Å². The Bertz CT molecular complexity index is 911. The second-order valence-corrected chi connectivity index (χ2v) is 6.30. The van der Waals surface area contributed by atoms with E-state index in [-0.39, 0.29) is 0 Å². The quantitative estimate of drug-likeness (QED) is 0.251. The van der Waals surface area contributed by atoms with Gasteiger partial charge in [-0.3, -0.25) is 10.0 Å². The van der Waals surface area contributed by atoms with Crippen LogP contribution >= 0.6 is 0 Å². The van der Waals surface area contributed by atoms with Gasteiger partial charge in [0, 0.05) is 31.4 Å². The number of hydrogen-bond donors (Lipinski definition) is 3. The highest BCUT2D eigenvalue weighted by Gasteiger charge is 2.00. The molecule has 5 heteroatoms. The third-order valence-electron chi connectivity index (χ3n) is 4.39. The predicted octanol–water partition coefficient (Wildman–Crippen LogP) is 4.06. The molecule has 5 nitrogen and oxygen atoms in total. The number of amides is 1. The fourth-order valence-corrected chi connectivity index (χ4v) is 2.91. The summed E-state index contributed by atoms with van der Waals surface area (Å²) in [6.45, 7) is 5.71. The fourth-order valence-electron chi connectivity index (χ4n) is 2.91. The van der Waals surface area contributed by atoms with E-state index < -0.39 is 5.91 Å². The number of nitrogens with one attached hydrogen (secondary N) is 2. The summed E-state index contributed by atoms with van der Waals surface area (Å²) in [5, 5.41) is 13.2. The third-order valence-corrected chi connectivity index (χ3v) is 4.39. The molecule has 0 aliphatic heterocycles. The summed E-state index contributed by atoms with van der Waals surface area (Å²) >= 11 is 0. The first-order chi connectivity index (χ1) is 13.7. The molecule has 0 aliphatic rings. The number of rotatable bonds is 7. The average Bonchev–Trinajstić information content (AvgIpc) is 3.12. The Balaban J connectivity index is 0.00000136. The number of carbonyl (C=O) groups excluding carboxylic acids is 1. The highest BCUT2D eigenvalue weighted by molar-refractivity contribution is 5.90. The summed E-state index contributed by atoms with van der Waals surface area (Å²) < 4.78 is 2.13. The number of aromatic nitrogens is 1. The zero-order chi connectivity index (χ0) is 20.4. The lowest BCUT2D eigenvalue weighted by atomic mass is 10.1. The van der Waals surface area contributed by atoms with Crippen LogP contribution in [0.5, 0.6) is 0 Å². The van der Waals surface area contributed by atoms with Crippen LogP contribution in [0.2, 0.25) is 0 Å². The van der Waals surface area contributed by atoms with E-state index in [9.17, 15) is 4.79 Å². The monoisotopic (exact) mass is 379 g/mol. The summed E-state index contributed by atoms with van der Waals surface area (Å²) in [5.74, 6) is -0.538. The number of fused-ring (bicyclic) bond motifs is 1. The fraction of sp³-hybridized carbons (Fsp3) is 0.261. The molecule has 1 amide bonds. The van der Waals surface area contributed by atoms with E-state index in [0.29, 0.717) is 0 Å². The molecule has 0 saturated carbocycles. The highest BCUT2D eigenvalue weighted by Crippen LogP contribution is 2.16. The number of aryl methyl sites for hydroxylation is 1. The molecular weight excluding hydrogens is 350 g/mol. The van der Waals surface area contributed by atoms with E-state index >= 15 is 0 Å². The average molecular weight is 380 g/mol. The molecule has 0 saturated heterocycles. The van der Waals surface area contributed by atoms with Crippen molar-refractivity contribution in [3.05, 3.63) is 77.5 Å². The molecule has 0 spiro atoms. The zero-order valence-corrected chi connectivity index (χ0v) is 16.8. The zero-order valence-electron chi connectivity index (χ0n) is 16.8. The van der Waals surface area contributed by atoms with Gasteiger partial charge in [0.05, 0.1) is 0 Å². The maximum atomic E-state index is 11.0.